The molecule has 0 radical (unpaired) electrons. The van der Waals surface area contributed by atoms with E-state index in [9.17, 15) is 65.9 Å². The first kappa shape index (κ1) is 65.9. The molecule has 13 rings (SSSR count). The molecular formula is C77H45F18N3. The van der Waals surface area contributed by atoms with Gasteiger partial charge in [0, 0.05) is 27.2 Å². The van der Waals surface area contributed by atoms with Gasteiger partial charge in [0.05, 0.1) is 67.7 Å². The Hall–Kier alpha value is -10.8. The Morgan fingerprint density at radius 2 is 0.663 bits per heavy atom. The SMILES string of the molecule is [C-]#[N+]c1ccc(-n2c3ccc(-c4cc(C)cc(C(F)(F)F)c4)cc3c3cc(-c4cc(C)cc(C(F)(F)F)c4)ccc32)c(-c2cc(-n3c4ccc(-c5cc(C)cc(C(F)(F)F)c5)cc4c4cc(-c5cc(C(F)(F)F)cc(C(F)(F)F)c5)ccc43)ccc2-c2c(C)cccc2C(F)(F)F)c1. The minimum absolute atomic E-state index is 0.0243. The number of aromatic nitrogens is 2. The number of fused-ring (bicyclic) bond motifs is 6. The average molecular weight is 1350 g/mol. The maximum atomic E-state index is 15.6. The van der Waals surface area contributed by atoms with Crippen molar-refractivity contribution in [3.8, 4) is 78.1 Å². The fraction of sp³-hybridized carbons (Fsp3) is 0.130. The molecule has 0 spiro atoms. The Kier molecular flexibility index (Phi) is 15.6. The molecule has 0 bridgehead atoms. The third-order valence-electron chi connectivity index (χ3n) is 17.4. The molecule has 0 atom stereocenters. The van der Waals surface area contributed by atoms with Crippen LogP contribution in [0.1, 0.15) is 55.6 Å². The lowest BCUT2D eigenvalue weighted by Gasteiger charge is -2.22. The average Bonchev–Trinajstić information content (AvgIpc) is 1.53. The van der Waals surface area contributed by atoms with Crippen LogP contribution < -0.4 is 0 Å². The molecule has 0 N–H and O–H groups in total. The van der Waals surface area contributed by atoms with E-state index in [1.807, 2.05) is 0 Å². The summed E-state index contributed by atoms with van der Waals surface area (Å²) in [5.41, 5.74) is -4.62. The Bertz CT molecular complexity index is 5330. The van der Waals surface area contributed by atoms with Crippen LogP contribution in [0.3, 0.4) is 0 Å². The highest BCUT2D eigenvalue weighted by molar-refractivity contribution is 6.14. The van der Waals surface area contributed by atoms with Crippen LogP contribution in [0, 0.1) is 34.3 Å². The van der Waals surface area contributed by atoms with Gasteiger partial charge in [-0.3, -0.25) is 0 Å². The Balaban J connectivity index is 1.12. The highest BCUT2D eigenvalue weighted by Gasteiger charge is 2.39. The van der Waals surface area contributed by atoms with Crippen molar-refractivity contribution in [1.29, 1.82) is 0 Å². The molecule has 0 amide bonds. The van der Waals surface area contributed by atoms with E-state index >= 15 is 13.2 Å². The number of aryl methyl sites for hydroxylation is 4. The molecule has 0 aliphatic carbocycles. The Morgan fingerprint density at radius 1 is 0.296 bits per heavy atom. The second kappa shape index (κ2) is 23.2. The summed E-state index contributed by atoms with van der Waals surface area (Å²) in [7, 11) is 0. The minimum Gasteiger partial charge on any atom is -0.309 e. The number of halogens is 18. The highest BCUT2D eigenvalue weighted by atomic mass is 19.4. The van der Waals surface area contributed by atoms with Crippen LogP contribution >= 0.6 is 0 Å². The lowest BCUT2D eigenvalue weighted by molar-refractivity contribution is -0.143. The van der Waals surface area contributed by atoms with Gasteiger partial charge in [-0.1, -0.05) is 66.7 Å². The summed E-state index contributed by atoms with van der Waals surface area (Å²) < 4.78 is 266. The summed E-state index contributed by atoms with van der Waals surface area (Å²) >= 11 is 0. The van der Waals surface area contributed by atoms with Gasteiger partial charge < -0.3 is 9.13 Å². The summed E-state index contributed by atoms with van der Waals surface area (Å²) in [6.45, 7) is 14.2. The van der Waals surface area contributed by atoms with Gasteiger partial charge >= 0.3 is 37.1 Å². The van der Waals surface area contributed by atoms with E-state index < -0.39 is 76.0 Å². The van der Waals surface area contributed by atoms with E-state index in [0.29, 0.717) is 45.1 Å². The summed E-state index contributed by atoms with van der Waals surface area (Å²) in [4.78, 5) is 3.72. The first-order valence-corrected chi connectivity index (χ1v) is 29.8. The van der Waals surface area contributed by atoms with Crippen molar-refractivity contribution in [3.05, 3.63) is 267 Å². The van der Waals surface area contributed by atoms with Crippen LogP contribution in [-0.2, 0) is 37.1 Å². The van der Waals surface area contributed by atoms with Gasteiger partial charge in [0.1, 0.15) is 0 Å². The van der Waals surface area contributed by atoms with E-state index in [0.717, 1.165) is 42.5 Å². The molecule has 11 aromatic carbocycles. The van der Waals surface area contributed by atoms with Crippen LogP contribution in [0.5, 0.6) is 0 Å². The van der Waals surface area contributed by atoms with Crippen LogP contribution in [0.15, 0.2) is 200 Å². The smallest absolute Gasteiger partial charge is 0.309 e. The van der Waals surface area contributed by atoms with Gasteiger partial charge in [0.25, 0.3) is 0 Å². The van der Waals surface area contributed by atoms with E-state index in [2.05, 4.69) is 4.85 Å². The Labute approximate surface area is 545 Å². The standard InChI is InChI=1S/C77H45F18N3/c1-39-21-47(27-51(24-39)72(78,79)80)43-9-16-66-60(32-43)61-35-46(50-30-54(75(87,88)89)36-55(31-50)76(90,91)92)10-17-67(61)97(66)57-14-15-58(71-42(4)7-6-8-65(71)77(93,94)95)59(38-57)64-37-56(96-5)13-20-70(64)98-68-18-11-44(48-22-40(2)25-52(28-48)73(81,82)83)33-62(68)63-34-45(12-19-69(63)98)49-23-41(3)26-53(29-49)74(84,85)86/h6-38H,1-4H3. The van der Waals surface area contributed by atoms with Crippen LogP contribution in [-0.4, -0.2) is 9.13 Å². The Morgan fingerprint density at radius 3 is 1.03 bits per heavy atom. The monoisotopic (exact) mass is 1350 g/mol. The molecule has 3 nitrogen and oxygen atoms in total. The summed E-state index contributed by atoms with van der Waals surface area (Å²) in [6, 6.07) is 41.7. The first-order valence-electron chi connectivity index (χ1n) is 29.8. The number of benzene rings is 11. The first-order chi connectivity index (χ1) is 45.9. The highest BCUT2D eigenvalue weighted by Crippen LogP contribution is 2.50. The third kappa shape index (κ3) is 12.1. The second-order valence-corrected chi connectivity index (χ2v) is 24.2. The number of alkyl halides is 18. The molecule has 2 heterocycles. The fourth-order valence-corrected chi connectivity index (χ4v) is 13.1. The molecule has 2 aromatic heterocycles. The lowest BCUT2D eigenvalue weighted by Crippen LogP contribution is -2.11. The van der Waals surface area contributed by atoms with Crippen molar-refractivity contribution >= 4 is 49.3 Å². The topological polar surface area (TPSA) is 14.2 Å². The third-order valence-corrected chi connectivity index (χ3v) is 17.4. The molecule has 0 unspecified atom stereocenters. The molecule has 21 heteroatoms. The van der Waals surface area contributed by atoms with Crippen LogP contribution in [0.25, 0.3) is 127 Å². The zero-order chi connectivity index (χ0) is 70.2. The molecule has 0 aliphatic heterocycles. The zero-order valence-corrected chi connectivity index (χ0v) is 51.2. The quantitative estimate of drug-likeness (QED) is 0.106. The van der Waals surface area contributed by atoms with E-state index in [-0.39, 0.29) is 117 Å². The lowest BCUT2D eigenvalue weighted by atomic mass is 9.87. The van der Waals surface area contributed by atoms with Crippen LogP contribution in [0.4, 0.5) is 84.7 Å². The van der Waals surface area contributed by atoms with Crippen molar-refractivity contribution < 1.29 is 79.0 Å². The van der Waals surface area contributed by atoms with Gasteiger partial charge in [-0.15, -0.1) is 0 Å². The molecule has 0 fully saturated rings. The molecule has 0 saturated carbocycles. The van der Waals surface area contributed by atoms with Crippen molar-refractivity contribution in [2.45, 2.75) is 64.8 Å². The minimum atomic E-state index is -5.25. The van der Waals surface area contributed by atoms with Crippen molar-refractivity contribution in [3.63, 3.8) is 0 Å². The molecule has 13 aromatic rings. The van der Waals surface area contributed by atoms with Gasteiger partial charge in [-0.05, 0) is 250 Å². The number of rotatable bonds is 8. The summed E-state index contributed by atoms with van der Waals surface area (Å²) in [5, 5.41) is 1.07. The molecule has 0 aliphatic rings. The molecule has 0 saturated heterocycles. The van der Waals surface area contributed by atoms with Gasteiger partial charge in [0.2, 0.25) is 0 Å². The largest absolute Gasteiger partial charge is 0.417 e. The van der Waals surface area contributed by atoms with Gasteiger partial charge in [-0.25, -0.2) is 4.85 Å². The second-order valence-electron chi connectivity index (χ2n) is 24.2. The van der Waals surface area contributed by atoms with E-state index in [1.54, 1.807) is 57.7 Å². The van der Waals surface area contributed by atoms with Gasteiger partial charge in [0.15, 0.2) is 5.69 Å². The maximum Gasteiger partial charge on any atom is 0.417 e. The van der Waals surface area contributed by atoms with E-state index in [4.69, 9.17) is 6.57 Å². The molecular weight excluding hydrogens is 1310 g/mol. The number of nitrogens with zero attached hydrogens (tertiary/aromatic N) is 3. The fourth-order valence-electron chi connectivity index (χ4n) is 13.1. The number of hydrogen-bond donors (Lipinski definition) is 0. The molecule has 98 heavy (non-hydrogen) atoms. The van der Waals surface area contributed by atoms with Crippen LogP contribution in [0.2, 0.25) is 0 Å². The predicted molar refractivity (Wildman–Crippen MR) is 343 cm³/mol. The number of hydrogen-bond acceptors (Lipinski definition) is 0. The molecule has 494 valence electrons. The maximum absolute atomic E-state index is 15.6. The normalized spacial score (nSPS) is 12.8. The summed E-state index contributed by atoms with van der Waals surface area (Å²) in [5.74, 6) is 0. The van der Waals surface area contributed by atoms with Crippen molar-refractivity contribution in [1.82, 2.24) is 9.13 Å². The zero-order valence-electron chi connectivity index (χ0n) is 51.2. The van der Waals surface area contributed by atoms with Gasteiger partial charge in [-0.2, -0.15) is 79.0 Å². The van der Waals surface area contributed by atoms with Crippen molar-refractivity contribution in [2.24, 2.45) is 0 Å². The van der Waals surface area contributed by atoms with Crippen molar-refractivity contribution in [2.75, 3.05) is 0 Å². The summed E-state index contributed by atoms with van der Waals surface area (Å²) in [6.07, 6.45) is -29.8. The predicted octanol–water partition coefficient (Wildman–Crippen LogP) is 25.8. The van der Waals surface area contributed by atoms with E-state index in [1.165, 1.54) is 119 Å².